The van der Waals surface area contributed by atoms with Gasteiger partial charge in [-0.3, -0.25) is 9.59 Å². The lowest BCUT2D eigenvalue weighted by molar-refractivity contribution is -0.139. The largest absolute Gasteiger partial charge is 0.344 e. The zero-order valence-electron chi connectivity index (χ0n) is 10.4. The topological polar surface area (TPSA) is 52.6 Å². The Morgan fingerprint density at radius 1 is 1.29 bits per heavy atom. The van der Waals surface area contributed by atoms with Crippen LogP contribution in [0.25, 0.3) is 0 Å². The van der Waals surface area contributed by atoms with Crippen molar-refractivity contribution in [3.63, 3.8) is 0 Å². The zero-order valence-corrected chi connectivity index (χ0v) is 10.4. The van der Waals surface area contributed by atoms with Crippen LogP contribution in [0.5, 0.6) is 0 Å². The van der Waals surface area contributed by atoms with Gasteiger partial charge in [-0.25, -0.2) is 0 Å². The molecule has 2 saturated heterocycles. The Balaban J connectivity index is 1.95. The average molecular weight is 239 g/mol. The Kier molecular flexibility index (Phi) is 3.99. The van der Waals surface area contributed by atoms with E-state index in [0.29, 0.717) is 6.54 Å². The Morgan fingerprint density at radius 3 is 2.82 bits per heavy atom. The lowest BCUT2D eigenvalue weighted by atomic mass is 10.0. The molecule has 5 heteroatoms. The SMILES string of the molecule is CN1CCCN(C(=O)C2CCCCN2)CC1=O. The number of carbonyl (C=O) groups is 2. The molecule has 2 aliphatic rings. The van der Waals surface area contributed by atoms with Gasteiger partial charge in [0.25, 0.3) is 0 Å². The molecule has 0 bridgehead atoms. The Bertz CT molecular complexity index is 300. The molecule has 2 fully saturated rings. The summed E-state index contributed by atoms with van der Waals surface area (Å²) in [5.74, 6) is 0.153. The van der Waals surface area contributed by atoms with Crippen LogP contribution in [0.15, 0.2) is 0 Å². The van der Waals surface area contributed by atoms with Crippen molar-refractivity contribution >= 4 is 11.8 Å². The van der Waals surface area contributed by atoms with E-state index in [0.717, 1.165) is 38.8 Å². The molecular formula is C12H21N3O2. The number of piperidine rings is 1. The molecule has 1 N–H and O–H groups in total. The summed E-state index contributed by atoms with van der Waals surface area (Å²) >= 11 is 0. The van der Waals surface area contributed by atoms with Gasteiger partial charge < -0.3 is 15.1 Å². The van der Waals surface area contributed by atoms with Crippen molar-refractivity contribution < 1.29 is 9.59 Å². The second kappa shape index (κ2) is 5.49. The molecule has 5 nitrogen and oxygen atoms in total. The van der Waals surface area contributed by atoms with E-state index >= 15 is 0 Å². The van der Waals surface area contributed by atoms with Crippen LogP contribution in [0.1, 0.15) is 25.7 Å². The number of rotatable bonds is 1. The van der Waals surface area contributed by atoms with Crippen molar-refractivity contribution in [1.29, 1.82) is 0 Å². The van der Waals surface area contributed by atoms with Gasteiger partial charge in [-0.2, -0.15) is 0 Å². The molecule has 2 rings (SSSR count). The van der Waals surface area contributed by atoms with Crippen molar-refractivity contribution in [3.8, 4) is 0 Å². The minimum atomic E-state index is -0.0695. The second-order valence-electron chi connectivity index (χ2n) is 4.93. The highest BCUT2D eigenvalue weighted by molar-refractivity contribution is 5.87. The third kappa shape index (κ3) is 2.97. The molecule has 0 aromatic heterocycles. The first kappa shape index (κ1) is 12.4. The maximum Gasteiger partial charge on any atom is 0.241 e. The number of amides is 2. The minimum absolute atomic E-state index is 0.0478. The van der Waals surface area contributed by atoms with Crippen LogP contribution in [-0.4, -0.2) is 60.9 Å². The van der Waals surface area contributed by atoms with E-state index < -0.39 is 0 Å². The summed E-state index contributed by atoms with van der Waals surface area (Å²) in [4.78, 5) is 27.4. The fraction of sp³-hybridized carbons (Fsp3) is 0.833. The summed E-state index contributed by atoms with van der Waals surface area (Å²) in [6.07, 6.45) is 4.02. The minimum Gasteiger partial charge on any atom is -0.344 e. The highest BCUT2D eigenvalue weighted by Gasteiger charge is 2.28. The summed E-state index contributed by atoms with van der Waals surface area (Å²) in [5.41, 5.74) is 0. The summed E-state index contributed by atoms with van der Waals surface area (Å²) in [6, 6.07) is -0.0695. The summed E-state index contributed by atoms with van der Waals surface area (Å²) in [5, 5.41) is 3.25. The molecule has 1 atom stereocenters. The normalized spacial score (nSPS) is 26.9. The molecule has 0 aromatic carbocycles. The van der Waals surface area contributed by atoms with Gasteiger partial charge in [-0.1, -0.05) is 6.42 Å². The van der Waals surface area contributed by atoms with Gasteiger partial charge in [-0.05, 0) is 25.8 Å². The quantitative estimate of drug-likeness (QED) is 0.690. The number of hydrogen-bond donors (Lipinski definition) is 1. The number of nitrogens with zero attached hydrogens (tertiary/aromatic N) is 2. The van der Waals surface area contributed by atoms with E-state index in [1.165, 1.54) is 0 Å². The van der Waals surface area contributed by atoms with E-state index in [9.17, 15) is 9.59 Å². The van der Waals surface area contributed by atoms with Gasteiger partial charge >= 0.3 is 0 Å². The van der Waals surface area contributed by atoms with Gasteiger partial charge in [0.05, 0.1) is 12.6 Å². The summed E-state index contributed by atoms with van der Waals surface area (Å²) < 4.78 is 0. The molecule has 1 unspecified atom stereocenters. The van der Waals surface area contributed by atoms with Crippen molar-refractivity contribution in [2.45, 2.75) is 31.7 Å². The molecule has 0 saturated carbocycles. The Labute approximate surface area is 102 Å². The van der Waals surface area contributed by atoms with Gasteiger partial charge in [0, 0.05) is 20.1 Å². The third-order valence-corrected chi connectivity index (χ3v) is 3.59. The van der Waals surface area contributed by atoms with Crippen LogP contribution in [0, 0.1) is 0 Å². The lowest BCUT2D eigenvalue weighted by Crippen LogP contribution is -2.50. The fourth-order valence-electron chi connectivity index (χ4n) is 2.46. The van der Waals surface area contributed by atoms with Gasteiger partial charge in [0.2, 0.25) is 11.8 Å². The predicted molar refractivity (Wildman–Crippen MR) is 64.5 cm³/mol. The van der Waals surface area contributed by atoms with E-state index in [-0.39, 0.29) is 24.4 Å². The van der Waals surface area contributed by atoms with Crippen LogP contribution < -0.4 is 5.32 Å². The molecule has 2 heterocycles. The highest BCUT2D eigenvalue weighted by Crippen LogP contribution is 2.12. The average Bonchev–Trinajstić information content (AvgIpc) is 2.52. The Morgan fingerprint density at radius 2 is 2.12 bits per heavy atom. The molecule has 2 amide bonds. The van der Waals surface area contributed by atoms with Crippen LogP contribution in [0.3, 0.4) is 0 Å². The van der Waals surface area contributed by atoms with E-state index in [1.807, 2.05) is 0 Å². The number of likely N-dealkylation sites (N-methyl/N-ethyl adjacent to an activating group) is 1. The second-order valence-corrected chi connectivity index (χ2v) is 4.93. The lowest BCUT2D eigenvalue weighted by Gasteiger charge is -2.28. The standard InChI is InChI=1S/C12H21N3O2/c1-14-7-4-8-15(9-11(14)16)12(17)10-5-2-3-6-13-10/h10,13H,2-9H2,1H3. The smallest absolute Gasteiger partial charge is 0.241 e. The molecule has 17 heavy (non-hydrogen) atoms. The van der Waals surface area contributed by atoms with E-state index in [4.69, 9.17) is 0 Å². The van der Waals surface area contributed by atoms with Crippen molar-refractivity contribution in [3.05, 3.63) is 0 Å². The fourth-order valence-corrected chi connectivity index (χ4v) is 2.46. The first-order valence-corrected chi connectivity index (χ1v) is 6.44. The van der Waals surface area contributed by atoms with Gasteiger partial charge in [0.15, 0.2) is 0 Å². The van der Waals surface area contributed by atoms with Crippen molar-refractivity contribution in [2.75, 3.05) is 33.2 Å². The van der Waals surface area contributed by atoms with Gasteiger partial charge in [-0.15, -0.1) is 0 Å². The Hall–Kier alpha value is -1.10. The summed E-state index contributed by atoms with van der Waals surface area (Å²) in [6.45, 7) is 2.61. The van der Waals surface area contributed by atoms with Crippen molar-refractivity contribution in [2.24, 2.45) is 0 Å². The first-order chi connectivity index (χ1) is 8.18. The van der Waals surface area contributed by atoms with Crippen LogP contribution in [0.4, 0.5) is 0 Å². The highest BCUT2D eigenvalue weighted by atomic mass is 16.2. The van der Waals surface area contributed by atoms with Crippen LogP contribution in [-0.2, 0) is 9.59 Å². The maximum atomic E-state index is 12.3. The predicted octanol–water partition coefficient (Wildman–Crippen LogP) is -0.181. The maximum absolute atomic E-state index is 12.3. The molecular weight excluding hydrogens is 218 g/mol. The van der Waals surface area contributed by atoms with Crippen molar-refractivity contribution in [1.82, 2.24) is 15.1 Å². The molecule has 2 aliphatic heterocycles. The van der Waals surface area contributed by atoms with Crippen LogP contribution >= 0.6 is 0 Å². The zero-order chi connectivity index (χ0) is 12.3. The molecule has 96 valence electrons. The first-order valence-electron chi connectivity index (χ1n) is 6.44. The number of hydrogen-bond acceptors (Lipinski definition) is 3. The molecule has 0 aromatic rings. The molecule has 0 radical (unpaired) electrons. The molecule has 0 aliphatic carbocycles. The molecule has 0 spiro atoms. The van der Waals surface area contributed by atoms with E-state index in [2.05, 4.69) is 5.32 Å². The van der Waals surface area contributed by atoms with E-state index in [1.54, 1.807) is 16.8 Å². The number of carbonyl (C=O) groups excluding carboxylic acids is 2. The summed E-state index contributed by atoms with van der Waals surface area (Å²) in [7, 11) is 1.80. The number of nitrogens with one attached hydrogen (secondary N) is 1. The van der Waals surface area contributed by atoms with Gasteiger partial charge in [0.1, 0.15) is 0 Å². The third-order valence-electron chi connectivity index (χ3n) is 3.59. The van der Waals surface area contributed by atoms with Crippen LogP contribution in [0.2, 0.25) is 0 Å². The monoisotopic (exact) mass is 239 g/mol.